The molecule has 0 unspecified atom stereocenters. The van der Waals surface area contributed by atoms with Gasteiger partial charge in [-0.1, -0.05) is 6.92 Å². The van der Waals surface area contributed by atoms with Crippen LogP contribution in [0.1, 0.15) is 36.3 Å². The number of carbonyl (C=O) groups is 1. The lowest BCUT2D eigenvalue weighted by atomic mass is 10.2. The second kappa shape index (κ2) is 5.49. The maximum atomic E-state index is 11.1. The van der Waals surface area contributed by atoms with Crippen molar-refractivity contribution in [1.82, 2.24) is 4.98 Å². The Morgan fingerprint density at radius 1 is 1.44 bits per heavy atom. The summed E-state index contributed by atoms with van der Waals surface area (Å²) in [5.41, 5.74) is 1.12. The van der Waals surface area contributed by atoms with Crippen LogP contribution < -0.4 is 4.90 Å². The van der Waals surface area contributed by atoms with E-state index in [1.807, 2.05) is 18.7 Å². The molecule has 0 fully saturated rings. The normalized spacial score (nSPS) is 10.2. The summed E-state index contributed by atoms with van der Waals surface area (Å²) in [7, 11) is 0. The van der Waals surface area contributed by atoms with Crippen LogP contribution in [0.2, 0.25) is 0 Å². The van der Waals surface area contributed by atoms with Crippen LogP contribution in [0, 0.1) is 6.92 Å². The van der Waals surface area contributed by atoms with Crippen molar-refractivity contribution in [3.8, 4) is 0 Å². The Morgan fingerprint density at radius 2 is 2.12 bits per heavy atom. The van der Waals surface area contributed by atoms with Crippen molar-refractivity contribution in [1.29, 1.82) is 0 Å². The quantitative estimate of drug-likeness (QED) is 0.830. The molecule has 1 rings (SSSR count). The van der Waals surface area contributed by atoms with Gasteiger partial charge in [0.2, 0.25) is 0 Å². The van der Waals surface area contributed by atoms with Crippen molar-refractivity contribution in [2.45, 2.75) is 27.2 Å². The fraction of sp³-hybridized carbons (Fsp3) is 0.500. The van der Waals surface area contributed by atoms with Crippen LogP contribution in [-0.4, -0.2) is 29.1 Å². The number of hydrogen-bond donors (Lipinski definition) is 1. The fourth-order valence-electron chi connectivity index (χ4n) is 1.63. The first-order valence-corrected chi connectivity index (χ1v) is 5.56. The third kappa shape index (κ3) is 2.72. The molecule has 4 nitrogen and oxygen atoms in total. The molecule has 0 amide bonds. The minimum Gasteiger partial charge on any atom is -0.478 e. The minimum atomic E-state index is -0.919. The summed E-state index contributed by atoms with van der Waals surface area (Å²) in [5.74, 6) is -0.339. The predicted molar refractivity (Wildman–Crippen MR) is 64.1 cm³/mol. The van der Waals surface area contributed by atoms with Gasteiger partial charge < -0.3 is 10.0 Å². The highest BCUT2D eigenvalue weighted by Crippen LogP contribution is 2.18. The number of carboxylic acids is 1. The topological polar surface area (TPSA) is 53.4 Å². The SMILES string of the molecule is CCCN(CC)c1nc(C)ccc1C(=O)O. The van der Waals surface area contributed by atoms with E-state index in [2.05, 4.69) is 11.9 Å². The second-order valence-corrected chi connectivity index (χ2v) is 3.71. The molecule has 1 aromatic heterocycles. The van der Waals surface area contributed by atoms with E-state index in [1.54, 1.807) is 12.1 Å². The number of rotatable bonds is 5. The number of nitrogens with zero attached hydrogens (tertiary/aromatic N) is 2. The molecule has 0 aromatic carbocycles. The monoisotopic (exact) mass is 222 g/mol. The Balaban J connectivity index is 3.16. The zero-order valence-electron chi connectivity index (χ0n) is 10.0. The average molecular weight is 222 g/mol. The first-order valence-electron chi connectivity index (χ1n) is 5.56. The maximum Gasteiger partial charge on any atom is 0.339 e. The molecular formula is C12H18N2O2. The van der Waals surface area contributed by atoms with Gasteiger partial charge in [0.25, 0.3) is 0 Å². The van der Waals surface area contributed by atoms with Gasteiger partial charge in [-0.25, -0.2) is 9.78 Å². The third-order valence-corrected chi connectivity index (χ3v) is 2.42. The molecule has 88 valence electrons. The van der Waals surface area contributed by atoms with Gasteiger partial charge in [0.1, 0.15) is 11.4 Å². The highest BCUT2D eigenvalue weighted by molar-refractivity contribution is 5.93. The van der Waals surface area contributed by atoms with Gasteiger partial charge in [-0.15, -0.1) is 0 Å². The average Bonchev–Trinajstić information content (AvgIpc) is 2.25. The lowest BCUT2D eigenvalue weighted by Gasteiger charge is -2.23. The smallest absolute Gasteiger partial charge is 0.339 e. The Bertz CT molecular complexity index is 377. The van der Waals surface area contributed by atoms with Crippen LogP contribution in [-0.2, 0) is 0 Å². The molecule has 4 heteroatoms. The van der Waals surface area contributed by atoms with Crippen molar-refractivity contribution in [2.24, 2.45) is 0 Å². The van der Waals surface area contributed by atoms with Gasteiger partial charge in [0.05, 0.1) is 0 Å². The lowest BCUT2D eigenvalue weighted by molar-refractivity contribution is 0.0697. The van der Waals surface area contributed by atoms with Gasteiger partial charge in [-0.05, 0) is 32.4 Å². The van der Waals surface area contributed by atoms with Crippen LogP contribution >= 0.6 is 0 Å². The van der Waals surface area contributed by atoms with Crippen LogP contribution in [0.5, 0.6) is 0 Å². The Morgan fingerprint density at radius 3 is 2.62 bits per heavy atom. The van der Waals surface area contributed by atoms with E-state index in [0.717, 1.165) is 25.2 Å². The molecule has 0 saturated heterocycles. The lowest BCUT2D eigenvalue weighted by Crippen LogP contribution is -2.26. The summed E-state index contributed by atoms with van der Waals surface area (Å²) in [6.07, 6.45) is 0.975. The van der Waals surface area contributed by atoms with Crippen LogP contribution in [0.25, 0.3) is 0 Å². The van der Waals surface area contributed by atoms with E-state index >= 15 is 0 Å². The minimum absolute atomic E-state index is 0.279. The van der Waals surface area contributed by atoms with E-state index in [0.29, 0.717) is 5.82 Å². The van der Waals surface area contributed by atoms with Gasteiger partial charge in [-0.3, -0.25) is 0 Å². The summed E-state index contributed by atoms with van der Waals surface area (Å²) in [6, 6.07) is 3.35. The van der Waals surface area contributed by atoms with Crippen LogP contribution in [0.3, 0.4) is 0 Å². The molecular weight excluding hydrogens is 204 g/mol. The molecule has 0 radical (unpaired) electrons. The molecule has 1 N–H and O–H groups in total. The molecule has 0 aliphatic carbocycles. The van der Waals surface area contributed by atoms with Gasteiger partial charge in [0, 0.05) is 18.8 Å². The summed E-state index contributed by atoms with van der Waals surface area (Å²) in [4.78, 5) is 17.4. The summed E-state index contributed by atoms with van der Waals surface area (Å²) >= 11 is 0. The first kappa shape index (κ1) is 12.5. The van der Waals surface area contributed by atoms with E-state index < -0.39 is 5.97 Å². The fourth-order valence-corrected chi connectivity index (χ4v) is 1.63. The van der Waals surface area contributed by atoms with Crippen molar-refractivity contribution < 1.29 is 9.90 Å². The van der Waals surface area contributed by atoms with E-state index in [9.17, 15) is 4.79 Å². The number of anilines is 1. The van der Waals surface area contributed by atoms with E-state index in [4.69, 9.17) is 5.11 Å². The maximum absolute atomic E-state index is 11.1. The van der Waals surface area contributed by atoms with Gasteiger partial charge in [0.15, 0.2) is 0 Å². The van der Waals surface area contributed by atoms with Crippen LogP contribution in [0.15, 0.2) is 12.1 Å². The molecule has 16 heavy (non-hydrogen) atoms. The summed E-state index contributed by atoms with van der Waals surface area (Å²) < 4.78 is 0. The Hall–Kier alpha value is -1.58. The van der Waals surface area contributed by atoms with Crippen molar-refractivity contribution in [3.63, 3.8) is 0 Å². The third-order valence-electron chi connectivity index (χ3n) is 2.42. The second-order valence-electron chi connectivity index (χ2n) is 3.71. The zero-order chi connectivity index (χ0) is 12.1. The molecule has 0 atom stereocenters. The zero-order valence-corrected chi connectivity index (χ0v) is 10.0. The molecule has 0 aliphatic rings. The molecule has 0 spiro atoms. The highest BCUT2D eigenvalue weighted by Gasteiger charge is 2.16. The van der Waals surface area contributed by atoms with Gasteiger partial charge in [-0.2, -0.15) is 0 Å². The largest absolute Gasteiger partial charge is 0.478 e. The molecule has 1 heterocycles. The summed E-state index contributed by atoms with van der Waals surface area (Å²) in [6.45, 7) is 7.54. The Labute approximate surface area is 95.9 Å². The van der Waals surface area contributed by atoms with Crippen LogP contribution in [0.4, 0.5) is 5.82 Å². The number of hydrogen-bond acceptors (Lipinski definition) is 3. The van der Waals surface area contributed by atoms with Crippen molar-refractivity contribution in [2.75, 3.05) is 18.0 Å². The van der Waals surface area contributed by atoms with Crippen molar-refractivity contribution >= 4 is 11.8 Å². The predicted octanol–water partition coefficient (Wildman–Crippen LogP) is 2.32. The van der Waals surface area contributed by atoms with Crippen molar-refractivity contribution in [3.05, 3.63) is 23.4 Å². The van der Waals surface area contributed by atoms with E-state index in [1.165, 1.54) is 0 Å². The standard InChI is InChI=1S/C12H18N2O2/c1-4-8-14(5-2)11-10(12(15)16)7-6-9(3)13-11/h6-7H,4-5,8H2,1-3H3,(H,15,16). The number of aromatic nitrogens is 1. The number of carboxylic acid groups (broad SMARTS) is 1. The Kier molecular flexibility index (Phi) is 4.28. The number of aromatic carboxylic acids is 1. The number of aryl methyl sites for hydroxylation is 1. The highest BCUT2D eigenvalue weighted by atomic mass is 16.4. The molecule has 0 bridgehead atoms. The van der Waals surface area contributed by atoms with Gasteiger partial charge >= 0.3 is 5.97 Å². The summed E-state index contributed by atoms with van der Waals surface area (Å²) in [5, 5.41) is 9.10. The van der Waals surface area contributed by atoms with E-state index in [-0.39, 0.29) is 5.56 Å². The molecule has 1 aromatic rings. The molecule has 0 aliphatic heterocycles. The molecule has 0 saturated carbocycles. The number of pyridine rings is 1. The first-order chi connectivity index (χ1) is 7.60.